The number of piperazine rings is 1. The van der Waals surface area contributed by atoms with E-state index in [1.807, 2.05) is 35.7 Å². The van der Waals surface area contributed by atoms with Crippen LogP contribution in [0.4, 0.5) is 11.5 Å². The van der Waals surface area contributed by atoms with Gasteiger partial charge in [-0.2, -0.15) is 0 Å². The van der Waals surface area contributed by atoms with Gasteiger partial charge in [0.25, 0.3) is 5.91 Å². The van der Waals surface area contributed by atoms with Crippen LogP contribution in [-0.4, -0.2) is 66.3 Å². The fraction of sp³-hybridized carbons (Fsp3) is 0.364. The summed E-state index contributed by atoms with van der Waals surface area (Å²) in [6.07, 6.45) is 2.76. The van der Waals surface area contributed by atoms with E-state index in [1.54, 1.807) is 18.5 Å². The average Bonchev–Trinajstić information content (AvgIpc) is 3.49. The van der Waals surface area contributed by atoms with Gasteiger partial charge in [-0.15, -0.1) is 11.3 Å². The fourth-order valence-corrected chi connectivity index (χ4v) is 4.07. The zero-order valence-electron chi connectivity index (χ0n) is 17.1. The second-order valence-corrected chi connectivity index (χ2v) is 8.32. The summed E-state index contributed by atoms with van der Waals surface area (Å²) >= 11 is 1.41. The highest BCUT2D eigenvalue weighted by Gasteiger charge is 2.20. The van der Waals surface area contributed by atoms with Crippen molar-refractivity contribution in [3.63, 3.8) is 0 Å². The normalized spacial score (nSPS) is 15.7. The minimum Gasteiger partial charge on any atom is -0.467 e. The summed E-state index contributed by atoms with van der Waals surface area (Å²) in [6.45, 7) is 4.56. The summed E-state index contributed by atoms with van der Waals surface area (Å²) in [5.41, 5.74) is 0.679. The summed E-state index contributed by atoms with van der Waals surface area (Å²) in [6, 6.07) is 11.1. The van der Waals surface area contributed by atoms with Crippen molar-refractivity contribution in [2.24, 2.45) is 0 Å². The fourth-order valence-electron chi connectivity index (χ4n) is 3.45. The number of pyridine rings is 1. The van der Waals surface area contributed by atoms with Crippen LogP contribution in [0.2, 0.25) is 0 Å². The molecule has 1 atom stereocenters. The molecule has 0 aromatic carbocycles. The third-order valence-corrected chi connectivity index (χ3v) is 5.92. The average molecular weight is 443 g/mol. The Balaban J connectivity index is 1.18. The standard InChI is InChI=1S/C22H26N4O4S/c27-18(15-29-16-19-3-1-11-30-19)14-25-7-9-26(10-8-25)21-6-5-17(13-23-21)24-22(28)20-4-2-12-31-20/h1-6,11-13,18,27H,7-10,14-16H2,(H,24,28). The maximum atomic E-state index is 12.1. The Labute approximate surface area is 185 Å². The van der Waals surface area contributed by atoms with E-state index in [1.165, 1.54) is 11.3 Å². The minimum absolute atomic E-state index is 0.120. The molecule has 1 aliphatic heterocycles. The number of thiophene rings is 1. The van der Waals surface area contributed by atoms with E-state index < -0.39 is 6.10 Å². The Morgan fingerprint density at radius 1 is 1.23 bits per heavy atom. The number of hydrogen-bond donors (Lipinski definition) is 2. The van der Waals surface area contributed by atoms with E-state index >= 15 is 0 Å². The van der Waals surface area contributed by atoms with E-state index in [9.17, 15) is 9.90 Å². The van der Waals surface area contributed by atoms with Gasteiger partial charge >= 0.3 is 0 Å². The molecule has 0 radical (unpaired) electrons. The number of amides is 1. The van der Waals surface area contributed by atoms with Gasteiger partial charge in [-0.25, -0.2) is 4.98 Å². The first-order chi connectivity index (χ1) is 15.2. The van der Waals surface area contributed by atoms with Crippen molar-refractivity contribution >= 4 is 28.7 Å². The first-order valence-corrected chi connectivity index (χ1v) is 11.1. The monoisotopic (exact) mass is 442 g/mol. The Morgan fingerprint density at radius 3 is 2.77 bits per heavy atom. The maximum Gasteiger partial charge on any atom is 0.265 e. The van der Waals surface area contributed by atoms with Gasteiger partial charge in [-0.1, -0.05) is 6.07 Å². The van der Waals surface area contributed by atoms with Crippen molar-refractivity contribution < 1.29 is 19.1 Å². The van der Waals surface area contributed by atoms with Gasteiger partial charge in [0.15, 0.2) is 0 Å². The molecule has 0 saturated carbocycles. The summed E-state index contributed by atoms with van der Waals surface area (Å²) in [4.78, 5) is 21.8. The van der Waals surface area contributed by atoms with Crippen LogP contribution in [0.25, 0.3) is 0 Å². The molecule has 1 amide bonds. The number of aliphatic hydroxyl groups is 1. The number of aliphatic hydroxyl groups excluding tert-OH is 1. The van der Waals surface area contributed by atoms with Crippen LogP contribution in [-0.2, 0) is 11.3 Å². The molecule has 3 aromatic heterocycles. The first kappa shape index (κ1) is 21.5. The lowest BCUT2D eigenvalue weighted by molar-refractivity contribution is 0.00440. The summed E-state index contributed by atoms with van der Waals surface area (Å²) < 4.78 is 10.7. The van der Waals surface area contributed by atoms with E-state index in [0.29, 0.717) is 23.7 Å². The predicted molar refractivity (Wildman–Crippen MR) is 120 cm³/mol. The Bertz CT molecular complexity index is 923. The van der Waals surface area contributed by atoms with Gasteiger partial charge in [-0.05, 0) is 35.7 Å². The molecule has 31 heavy (non-hydrogen) atoms. The molecule has 164 valence electrons. The number of nitrogens with zero attached hydrogens (tertiary/aromatic N) is 3. The number of hydrogen-bond acceptors (Lipinski definition) is 8. The second kappa shape index (κ2) is 10.5. The van der Waals surface area contributed by atoms with Gasteiger partial charge in [0.2, 0.25) is 0 Å². The third-order valence-electron chi connectivity index (χ3n) is 5.05. The van der Waals surface area contributed by atoms with Crippen molar-refractivity contribution in [1.29, 1.82) is 0 Å². The number of nitrogens with one attached hydrogen (secondary N) is 1. The minimum atomic E-state index is -0.536. The molecule has 0 spiro atoms. The van der Waals surface area contributed by atoms with Gasteiger partial charge in [0, 0.05) is 32.7 Å². The van der Waals surface area contributed by atoms with Crippen molar-refractivity contribution in [2.45, 2.75) is 12.7 Å². The summed E-state index contributed by atoms with van der Waals surface area (Å²) in [5, 5.41) is 15.0. The van der Waals surface area contributed by atoms with Crippen LogP contribution in [0, 0.1) is 0 Å². The number of anilines is 2. The lowest BCUT2D eigenvalue weighted by atomic mass is 10.2. The van der Waals surface area contributed by atoms with Gasteiger partial charge < -0.3 is 24.5 Å². The molecule has 9 heteroatoms. The number of carbonyl (C=O) groups is 1. The summed E-state index contributed by atoms with van der Waals surface area (Å²) in [7, 11) is 0. The number of carbonyl (C=O) groups excluding carboxylic acids is 1. The van der Waals surface area contributed by atoms with E-state index in [0.717, 1.165) is 37.8 Å². The Kier molecular flexibility index (Phi) is 7.31. The number of β-amino-alcohol motifs (C(OH)–C–C–N with tert-alkyl or cyclic N) is 1. The number of ether oxygens (including phenoxy) is 1. The lowest BCUT2D eigenvalue weighted by Gasteiger charge is -2.36. The van der Waals surface area contributed by atoms with Crippen molar-refractivity contribution in [1.82, 2.24) is 9.88 Å². The largest absolute Gasteiger partial charge is 0.467 e. The Morgan fingerprint density at radius 2 is 2.10 bits per heavy atom. The molecular formula is C22H26N4O4S. The zero-order valence-corrected chi connectivity index (χ0v) is 18.0. The molecule has 1 unspecified atom stereocenters. The van der Waals surface area contributed by atoms with Crippen LogP contribution in [0.3, 0.4) is 0 Å². The zero-order chi connectivity index (χ0) is 21.5. The number of rotatable bonds is 9. The maximum absolute atomic E-state index is 12.1. The van der Waals surface area contributed by atoms with Crippen molar-refractivity contribution in [3.05, 3.63) is 64.9 Å². The van der Waals surface area contributed by atoms with Crippen LogP contribution < -0.4 is 10.2 Å². The van der Waals surface area contributed by atoms with E-state index in [4.69, 9.17) is 9.15 Å². The predicted octanol–water partition coefficient (Wildman–Crippen LogP) is 2.69. The quantitative estimate of drug-likeness (QED) is 0.526. The summed E-state index contributed by atoms with van der Waals surface area (Å²) in [5.74, 6) is 1.52. The van der Waals surface area contributed by atoms with Gasteiger partial charge in [0.05, 0.1) is 35.7 Å². The third kappa shape index (κ3) is 6.14. The molecule has 4 rings (SSSR count). The highest BCUT2D eigenvalue weighted by atomic mass is 32.1. The molecule has 8 nitrogen and oxygen atoms in total. The molecule has 1 aliphatic rings. The van der Waals surface area contributed by atoms with E-state index in [2.05, 4.69) is 20.1 Å². The topological polar surface area (TPSA) is 91.1 Å². The molecule has 0 bridgehead atoms. The van der Waals surface area contributed by atoms with Crippen molar-refractivity contribution in [2.75, 3.05) is 49.5 Å². The van der Waals surface area contributed by atoms with Crippen LogP contribution in [0.15, 0.2) is 58.7 Å². The van der Waals surface area contributed by atoms with E-state index in [-0.39, 0.29) is 12.5 Å². The van der Waals surface area contributed by atoms with Gasteiger partial charge in [0.1, 0.15) is 18.2 Å². The molecule has 0 aliphatic carbocycles. The van der Waals surface area contributed by atoms with Crippen molar-refractivity contribution in [3.8, 4) is 0 Å². The van der Waals surface area contributed by atoms with Crippen LogP contribution in [0.1, 0.15) is 15.4 Å². The molecule has 1 saturated heterocycles. The highest BCUT2D eigenvalue weighted by Crippen LogP contribution is 2.18. The van der Waals surface area contributed by atoms with Crippen LogP contribution in [0.5, 0.6) is 0 Å². The van der Waals surface area contributed by atoms with Gasteiger partial charge in [-0.3, -0.25) is 9.69 Å². The number of furan rings is 1. The Hall–Kier alpha value is -2.72. The molecule has 4 heterocycles. The molecule has 3 aromatic rings. The molecule has 2 N–H and O–H groups in total. The second-order valence-electron chi connectivity index (χ2n) is 7.37. The molecule has 1 fully saturated rings. The SMILES string of the molecule is O=C(Nc1ccc(N2CCN(CC(O)COCc3ccco3)CC2)nc1)c1cccs1. The van der Waals surface area contributed by atoms with Crippen LogP contribution >= 0.6 is 11.3 Å². The first-order valence-electron chi connectivity index (χ1n) is 10.2. The smallest absolute Gasteiger partial charge is 0.265 e. The lowest BCUT2D eigenvalue weighted by Crippen LogP contribution is -2.49. The molecular weight excluding hydrogens is 416 g/mol. The number of aromatic nitrogens is 1. The highest BCUT2D eigenvalue weighted by molar-refractivity contribution is 7.12.